The molecule has 2 rings (SSSR count). The lowest BCUT2D eigenvalue weighted by Crippen LogP contribution is -2.46. The fourth-order valence-corrected chi connectivity index (χ4v) is 2.66. The molecule has 0 radical (unpaired) electrons. The number of carbonyl (C=O) groups excluding carboxylic acids is 2. The number of hydrogen-bond acceptors (Lipinski definition) is 5. The summed E-state index contributed by atoms with van der Waals surface area (Å²) in [5.74, 6) is -0.902. The number of amides is 1. The van der Waals surface area contributed by atoms with Crippen LogP contribution in [0.25, 0.3) is 0 Å². The Kier molecular flexibility index (Phi) is 5.38. The average molecular weight is 305 g/mol. The molecule has 1 amide bonds. The highest BCUT2D eigenvalue weighted by molar-refractivity contribution is 5.98. The third-order valence-electron chi connectivity index (χ3n) is 4.01. The van der Waals surface area contributed by atoms with Crippen molar-refractivity contribution in [2.75, 3.05) is 38.7 Å². The lowest BCUT2D eigenvalue weighted by Gasteiger charge is -2.32. The molecule has 1 aromatic rings. The van der Waals surface area contributed by atoms with E-state index in [2.05, 4.69) is 4.90 Å². The van der Waals surface area contributed by atoms with Crippen molar-refractivity contribution in [3.8, 4) is 5.75 Å². The minimum Gasteiger partial charge on any atom is -0.548 e. The van der Waals surface area contributed by atoms with Crippen LogP contribution >= 0.6 is 0 Å². The average Bonchev–Trinajstić information content (AvgIpc) is 2.53. The highest BCUT2D eigenvalue weighted by Crippen LogP contribution is 2.24. The van der Waals surface area contributed by atoms with Crippen molar-refractivity contribution in [2.45, 2.75) is 12.8 Å². The summed E-state index contributed by atoms with van der Waals surface area (Å²) < 4.78 is 5.08. The number of anilines is 1. The maximum Gasteiger partial charge on any atom is 0.230 e. The smallest absolute Gasteiger partial charge is 0.230 e. The third kappa shape index (κ3) is 3.98. The number of ether oxygens (including phenoxy) is 1. The first-order valence-corrected chi connectivity index (χ1v) is 7.35. The lowest BCUT2D eigenvalue weighted by molar-refractivity contribution is -0.303. The predicted octanol–water partition coefficient (Wildman–Crippen LogP) is 0.120. The fraction of sp³-hybridized carbons (Fsp3) is 0.500. The minimum atomic E-state index is -1.27. The molecule has 0 bridgehead atoms. The van der Waals surface area contributed by atoms with Gasteiger partial charge in [-0.25, -0.2) is 0 Å². The van der Waals surface area contributed by atoms with Crippen LogP contribution in [0.3, 0.4) is 0 Å². The van der Waals surface area contributed by atoms with Gasteiger partial charge in [-0.15, -0.1) is 0 Å². The van der Waals surface area contributed by atoms with E-state index in [1.165, 1.54) is 4.90 Å². The predicted molar refractivity (Wildman–Crippen MR) is 80.6 cm³/mol. The van der Waals surface area contributed by atoms with Gasteiger partial charge >= 0.3 is 0 Å². The van der Waals surface area contributed by atoms with Gasteiger partial charge in [0, 0.05) is 11.6 Å². The van der Waals surface area contributed by atoms with Crippen molar-refractivity contribution < 1.29 is 19.4 Å². The van der Waals surface area contributed by atoms with Crippen molar-refractivity contribution in [3.05, 3.63) is 24.3 Å². The van der Waals surface area contributed by atoms with Crippen molar-refractivity contribution >= 4 is 17.6 Å². The number of piperidine rings is 1. The standard InChI is InChI=1S/C16H22N2O4/c1-17-9-7-12(8-10-17)16(21)18(11-15(19)20)13-3-5-14(22-2)6-4-13/h3-6,12H,7-11H2,1-2H3,(H,19,20)/p-1. The Morgan fingerprint density at radius 2 is 1.86 bits per heavy atom. The molecule has 0 N–H and O–H groups in total. The highest BCUT2D eigenvalue weighted by Gasteiger charge is 2.28. The largest absolute Gasteiger partial charge is 0.548 e. The van der Waals surface area contributed by atoms with E-state index < -0.39 is 12.5 Å². The van der Waals surface area contributed by atoms with E-state index in [0.29, 0.717) is 11.4 Å². The molecule has 1 aromatic carbocycles. The summed E-state index contributed by atoms with van der Waals surface area (Å²) >= 11 is 0. The molecule has 0 aromatic heterocycles. The van der Waals surface area contributed by atoms with Crippen LogP contribution in [-0.2, 0) is 9.59 Å². The maximum absolute atomic E-state index is 12.7. The number of carbonyl (C=O) groups is 2. The van der Waals surface area contributed by atoms with Crippen molar-refractivity contribution in [2.24, 2.45) is 5.92 Å². The Hall–Kier alpha value is -2.08. The molecule has 1 saturated heterocycles. The van der Waals surface area contributed by atoms with Gasteiger partial charge in [0.05, 0.1) is 19.6 Å². The van der Waals surface area contributed by atoms with E-state index in [0.717, 1.165) is 25.9 Å². The van der Waals surface area contributed by atoms with Crippen LogP contribution in [0.1, 0.15) is 12.8 Å². The SMILES string of the molecule is COc1ccc(N(CC(=O)[O-])C(=O)C2CCN(C)CC2)cc1. The van der Waals surface area contributed by atoms with Crippen LogP contribution in [0.4, 0.5) is 5.69 Å². The second-order valence-corrected chi connectivity index (χ2v) is 5.57. The van der Waals surface area contributed by atoms with E-state index >= 15 is 0 Å². The molecule has 0 unspecified atom stereocenters. The van der Waals surface area contributed by atoms with Crippen LogP contribution in [-0.4, -0.2) is 50.6 Å². The van der Waals surface area contributed by atoms with Crippen molar-refractivity contribution in [1.82, 2.24) is 4.90 Å². The minimum absolute atomic E-state index is 0.141. The van der Waals surface area contributed by atoms with Gasteiger partial charge in [0.1, 0.15) is 5.75 Å². The van der Waals surface area contributed by atoms with Gasteiger partial charge in [0.25, 0.3) is 0 Å². The van der Waals surface area contributed by atoms with Crippen LogP contribution < -0.4 is 14.7 Å². The van der Waals surface area contributed by atoms with Crippen molar-refractivity contribution in [1.29, 1.82) is 0 Å². The normalized spacial score (nSPS) is 16.3. The van der Waals surface area contributed by atoms with Crippen LogP contribution in [0, 0.1) is 5.92 Å². The summed E-state index contributed by atoms with van der Waals surface area (Å²) in [6.07, 6.45) is 1.49. The van der Waals surface area contributed by atoms with Gasteiger partial charge in [0.15, 0.2) is 0 Å². The first kappa shape index (κ1) is 16.3. The summed E-state index contributed by atoms with van der Waals surface area (Å²) in [4.78, 5) is 27.2. The van der Waals surface area contributed by atoms with E-state index in [9.17, 15) is 14.7 Å². The zero-order chi connectivity index (χ0) is 16.1. The molecule has 22 heavy (non-hydrogen) atoms. The number of hydrogen-bond donors (Lipinski definition) is 0. The number of methoxy groups -OCH3 is 1. The molecule has 0 atom stereocenters. The molecule has 0 spiro atoms. The van der Waals surface area contributed by atoms with Gasteiger partial charge in [-0.1, -0.05) is 0 Å². The maximum atomic E-state index is 12.7. The second kappa shape index (κ2) is 7.26. The van der Waals surface area contributed by atoms with Gasteiger partial charge in [-0.05, 0) is 57.2 Å². The summed E-state index contributed by atoms with van der Waals surface area (Å²) in [6.45, 7) is 1.26. The molecule has 6 heteroatoms. The van der Waals surface area contributed by atoms with Crippen LogP contribution in [0.5, 0.6) is 5.75 Å². The first-order chi connectivity index (χ1) is 10.5. The van der Waals surface area contributed by atoms with Crippen LogP contribution in [0.15, 0.2) is 24.3 Å². The molecule has 1 aliphatic rings. The van der Waals surface area contributed by atoms with Crippen LogP contribution in [0.2, 0.25) is 0 Å². The number of carboxylic acids is 1. The molecule has 6 nitrogen and oxygen atoms in total. The van der Waals surface area contributed by atoms with Gasteiger partial charge in [-0.3, -0.25) is 4.79 Å². The molecule has 120 valence electrons. The van der Waals surface area contributed by atoms with E-state index in [1.807, 2.05) is 7.05 Å². The van der Waals surface area contributed by atoms with E-state index in [-0.39, 0.29) is 11.8 Å². The fourth-order valence-electron chi connectivity index (χ4n) is 2.66. The second-order valence-electron chi connectivity index (χ2n) is 5.57. The Morgan fingerprint density at radius 3 is 2.36 bits per heavy atom. The van der Waals surface area contributed by atoms with Gasteiger partial charge < -0.3 is 24.4 Å². The summed E-state index contributed by atoms with van der Waals surface area (Å²) in [6, 6.07) is 6.79. The van der Waals surface area contributed by atoms with E-state index in [1.54, 1.807) is 31.4 Å². The number of carboxylic acid groups (broad SMARTS) is 1. The quantitative estimate of drug-likeness (QED) is 0.772. The van der Waals surface area contributed by atoms with E-state index in [4.69, 9.17) is 4.74 Å². The molecule has 1 aliphatic heterocycles. The highest BCUT2D eigenvalue weighted by atomic mass is 16.5. The third-order valence-corrected chi connectivity index (χ3v) is 4.01. The monoisotopic (exact) mass is 305 g/mol. The molecular weight excluding hydrogens is 284 g/mol. The molecule has 0 aliphatic carbocycles. The number of aliphatic carboxylic acids is 1. The zero-order valence-corrected chi connectivity index (χ0v) is 12.9. The summed E-state index contributed by atoms with van der Waals surface area (Å²) in [5, 5.41) is 11.0. The Labute approximate surface area is 130 Å². The van der Waals surface area contributed by atoms with Gasteiger partial charge in [0.2, 0.25) is 5.91 Å². The summed E-state index contributed by atoms with van der Waals surface area (Å²) in [5.41, 5.74) is 0.550. The molecule has 0 saturated carbocycles. The molecule has 1 fully saturated rings. The first-order valence-electron chi connectivity index (χ1n) is 7.35. The van der Waals surface area contributed by atoms with Gasteiger partial charge in [-0.2, -0.15) is 0 Å². The number of likely N-dealkylation sites (tertiary alicyclic amines) is 1. The topological polar surface area (TPSA) is 72.9 Å². The molecule has 1 heterocycles. The molecular formula is C16H21N2O4-. The summed E-state index contributed by atoms with van der Waals surface area (Å²) in [7, 11) is 3.57. The lowest BCUT2D eigenvalue weighted by atomic mass is 9.95. The number of benzene rings is 1. The number of nitrogens with zero attached hydrogens (tertiary/aromatic N) is 2. The Balaban J connectivity index is 2.17. The van der Waals surface area contributed by atoms with Crippen molar-refractivity contribution in [3.63, 3.8) is 0 Å². The Morgan fingerprint density at radius 1 is 1.27 bits per heavy atom. The Bertz CT molecular complexity index is 521. The zero-order valence-electron chi connectivity index (χ0n) is 12.9. The number of rotatable bonds is 5.